The normalized spacial score (nSPS) is 17.8. The predicted molar refractivity (Wildman–Crippen MR) is 90.9 cm³/mol. The third-order valence-corrected chi connectivity index (χ3v) is 5.48. The molecule has 3 aromatic heterocycles. The molecule has 7 nitrogen and oxygen atoms in total. The Labute approximate surface area is 144 Å². The van der Waals surface area contributed by atoms with Crippen molar-refractivity contribution in [1.82, 2.24) is 25.1 Å². The quantitative estimate of drug-likeness (QED) is 0.737. The van der Waals surface area contributed by atoms with E-state index in [1.807, 2.05) is 23.6 Å². The number of halogens is 1. The summed E-state index contributed by atoms with van der Waals surface area (Å²) in [6.45, 7) is 1.61. The fourth-order valence-electron chi connectivity index (χ4n) is 2.66. The fraction of sp³-hybridized carbons (Fsp3) is 0.286. The number of amides is 1. The second-order valence-electron chi connectivity index (χ2n) is 5.36. The molecule has 1 amide bonds. The Kier molecular flexibility index (Phi) is 3.74. The van der Waals surface area contributed by atoms with Crippen LogP contribution in [0.15, 0.2) is 34.4 Å². The molecule has 0 radical (unpaired) electrons. The molecule has 9 heteroatoms. The molecular formula is C14H13BrN6OS. The molecule has 1 aliphatic heterocycles. The van der Waals surface area contributed by atoms with E-state index in [4.69, 9.17) is 0 Å². The van der Waals surface area contributed by atoms with Gasteiger partial charge in [-0.3, -0.25) is 4.79 Å². The van der Waals surface area contributed by atoms with E-state index in [1.54, 1.807) is 10.8 Å². The molecule has 3 aromatic rings. The zero-order valence-electron chi connectivity index (χ0n) is 12.0. The molecule has 1 aliphatic rings. The predicted octanol–water partition coefficient (Wildman–Crippen LogP) is 1.96. The van der Waals surface area contributed by atoms with Crippen LogP contribution in [0.5, 0.6) is 0 Å². The number of thiophene rings is 1. The third-order valence-electron chi connectivity index (χ3n) is 3.79. The number of hydrogen-bond acceptors (Lipinski definition) is 6. The highest BCUT2D eigenvalue weighted by atomic mass is 79.9. The zero-order valence-corrected chi connectivity index (χ0v) is 14.4. The van der Waals surface area contributed by atoms with Gasteiger partial charge in [-0.25, -0.2) is 0 Å². The van der Waals surface area contributed by atoms with Crippen LogP contribution in [0, 0.1) is 0 Å². The second-order valence-corrected chi connectivity index (χ2v) is 7.19. The number of aromatic nitrogens is 4. The summed E-state index contributed by atoms with van der Waals surface area (Å²) in [7, 11) is 0. The molecule has 0 unspecified atom stereocenters. The van der Waals surface area contributed by atoms with Crippen molar-refractivity contribution in [2.75, 3.05) is 18.0 Å². The van der Waals surface area contributed by atoms with Crippen molar-refractivity contribution < 1.29 is 4.79 Å². The minimum Gasteiger partial charge on any atom is -0.353 e. The van der Waals surface area contributed by atoms with Crippen molar-refractivity contribution in [2.24, 2.45) is 0 Å². The van der Waals surface area contributed by atoms with Crippen LogP contribution in [-0.4, -0.2) is 44.8 Å². The summed E-state index contributed by atoms with van der Waals surface area (Å²) in [4.78, 5) is 15.1. The van der Waals surface area contributed by atoms with Gasteiger partial charge in [0.2, 0.25) is 0 Å². The number of anilines is 1. The van der Waals surface area contributed by atoms with Crippen molar-refractivity contribution in [3.05, 3.63) is 39.3 Å². The molecule has 1 fully saturated rings. The van der Waals surface area contributed by atoms with Crippen molar-refractivity contribution >= 4 is 44.6 Å². The summed E-state index contributed by atoms with van der Waals surface area (Å²) in [6.07, 6.45) is 2.49. The first kappa shape index (κ1) is 14.6. The molecule has 0 spiro atoms. The van der Waals surface area contributed by atoms with Gasteiger partial charge >= 0.3 is 0 Å². The van der Waals surface area contributed by atoms with E-state index in [2.05, 4.69) is 41.4 Å². The SMILES string of the molecule is O=C(N[C@@H]1CCN(c2ccc3nncn3n2)C1)c1cc(Br)cs1. The van der Waals surface area contributed by atoms with Crippen molar-refractivity contribution in [1.29, 1.82) is 0 Å². The maximum atomic E-state index is 12.2. The maximum absolute atomic E-state index is 12.2. The first-order chi connectivity index (χ1) is 11.2. The smallest absolute Gasteiger partial charge is 0.261 e. The van der Waals surface area contributed by atoms with Gasteiger partial charge in [-0.05, 0) is 40.5 Å². The summed E-state index contributed by atoms with van der Waals surface area (Å²) in [5, 5.41) is 17.3. The lowest BCUT2D eigenvalue weighted by Crippen LogP contribution is -2.36. The molecular weight excluding hydrogens is 380 g/mol. The van der Waals surface area contributed by atoms with Crippen LogP contribution in [0.4, 0.5) is 5.82 Å². The zero-order chi connectivity index (χ0) is 15.8. The molecule has 4 rings (SSSR count). The average molecular weight is 393 g/mol. The van der Waals surface area contributed by atoms with Gasteiger partial charge in [-0.1, -0.05) is 0 Å². The van der Waals surface area contributed by atoms with Crippen molar-refractivity contribution in [2.45, 2.75) is 12.5 Å². The molecule has 4 heterocycles. The summed E-state index contributed by atoms with van der Waals surface area (Å²) < 4.78 is 2.59. The minimum absolute atomic E-state index is 0.0187. The number of hydrogen-bond donors (Lipinski definition) is 1. The Balaban J connectivity index is 1.43. The Bertz CT molecular complexity index is 862. The molecule has 0 aromatic carbocycles. The molecule has 1 N–H and O–H groups in total. The molecule has 1 atom stereocenters. The van der Waals surface area contributed by atoms with Gasteiger partial charge in [-0.15, -0.1) is 26.6 Å². The van der Waals surface area contributed by atoms with E-state index in [9.17, 15) is 4.79 Å². The van der Waals surface area contributed by atoms with E-state index in [0.29, 0.717) is 0 Å². The number of rotatable bonds is 3. The van der Waals surface area contributed by atoms with Crippen molar-refractivity contribution in [3.8, 4) is 0 Å². The van der Waals surface area contributed by atoms with E-state index < -0.39 is 0 Å². The summed E-state index contributed by atoms with van der Waals surface area (Å²) >= 11 is 4.81. The van der Waals surface area contributed by atoms with Crippen LogP contribution in [0.3, 0.4) is 0 Å². The molecule has 23 heavy (non-hydrogen) atoms. The van der Waals surface area contributed by atoms with E-state index >= 15 is 0 Å². The van der Waals surface area contributed by atoms with Crippen LogP contribution >= 0.6 is 27.3 Å². The molecule has 1 saturated heterocycles. The number of nitrogens with zero attached hydrogens (tertiary/aromatic N) is 5. The largest absolute Gasteiger partial charge is 0.353 e. The monoisotopic (exact) mass is 392 g/mol. The van der Waals surface area contributed by atoms with Crippen LogP contribution in [0.25, 0.3) is 5.65 Å². The van der Waals surface area contributed by atoms with E-state index in [-0.39, 0.29) is 11.9 Å². The first-order valence-electron chi connectivity index (χ1n) is 7.16. The number of fused-ring (bicyclic) bond motifs is 1. The van der Waals surface area contributed by atoms with Gasteiger partial charge in [0, 0.05) is 29.0 Å². The van der Waals surface area contributed by atoms with E-state index in [1.165, 1.54) is 11.3 Å². The highest BCUT2D eigenvalue weighted by molar-refractivity contribution is 9.10. The topological polar surface area (TPSA) is 75.4 Å². The lowest BCUT2D eigenvalue weighted by atomic mass is 10.2. The van der Waals surface area contributed by atoms with Gasteiger partial charge in [-0.2, -0.15) is 4.52 Å². The Morgan fingerprint density at radius 1 is 1.43 bits per heavy atom. The molecule has 0 saturated carbocycles. The molecule has 0 bridgehead atoms. The first-order valence-corrected chi connectivity index (χ1v) is 8.83. The Morgan fingerprint density at radius 3 is 3.17 bits per heavy atom. The molecule has 118 valence electrons. The molecule has 0 aliphatic carbocycles. The lowest BCUT2D eigenvalue weighted by Gasteiger charge is -2.17. The summed E-state index contributed by atoms with van der Waals surface area (Å²) in [5.41, 5.74) is 0.723. The van der Waals surface area contributed by atoms with Crippen LogP contribution in [0.1, 0.15) is 16.1 Å². The second kappa shape index (κ2) is 5.89. The van der Waals surface area contributed by atoms with Gasteiger partial charge in [0.15, 0.2) is 5.65 Å². The maximum Gasteiger partial charge on any atom is 0.261 e. The van der Waals surface area contributed by atoms with Gasteiger partial charge in [0.1, 0.15) is 12.1 Å². The average Bonchev–Trinajstić information content (AvgIpc) is 3.26. The van der Waals surface area contributed by atoms with Gasteiger partial charge in [0.05, 0.1) is 4.88 Å². The van der Waals surface area contributed by atoms with Gasteiger partial charge in [0.25, 0.3) is 5.91 Å². The highest BCUT2D eigenvalue weighted by Gasteiger charge is 2.25. The lowest BCUT2D eigenvalue weighted by molar-refractivity contribution is 0.0944. The minimum atomic E-state index is -0.0187. The van der Waals surface area contributed by atoms with Crippen LogP contribution in [-0.2, 0) is 0 Å². The number of carbonyl (C=O) groups is 1. The van der Waals surface area contributed by atoms with Gasteiger partial charge < -0.3 is 10.2 Å². The third kappa shape index (κ3) is 2.93. The Hall–Kier alpha value is -2.00. The standard InChI is InChI=1S/C14H13BrN6OS/c15-9-5-11(23-7-9)14(22)17-10-3-4-20(6-10)13-2-1-12-18-16-8-21(12)19-13/h1-2,5,7-8,10H,3-4,6H2,(H,17,22)/t10-/m1/s1. The summed E-state index contributed by atoms with van der Waals surface area (Å²) in [6, 6.07) is 5.80. The van der Waals surface area contributed by atoms with Crippen LogP contribution < -0.4 is 10.2 Å². The highest BCUT2D eigenvalue weighted by Crippen LogP contribution is 2.21. The summed E-state index contributed by atoms with van der Waals surface area (Å²) in [5.74, 6) is 0.850. The fourth-order valence-corrected chi connectivity index (χ4v) is 3.99. The number of nitrogens with one attached hydrogen (secondary N) is 1. The number of carbonyl (C=O) groups excluding carboxylic acids is 1. The van der Waals surface area contributed by atoms with Crippen molar-refractivity contribution in [3.63, 3.8) is 0 Å². The Morgan fingerprint density at radius 2 is 2.35 bits per heavy atom. The van der Waals surface area contributed by atoms with E-state index in [0.717, 1.165) is 40.3 Å². The van der Waals surface area contributed by atoms with Crippen LogP contribution in [0.2, 0.25) is 0 Å².